The number of H-pyrrole nitrogens is 1. The van der Waals surface area contributed by atoms with Gasteiger partial charge in [0, 0.05) is 17.1 Å². The number of aromatic amines is 1. The third-order valence-corrected chi connectivity index (χ3v) is 3.35. The van der Waals surface area contributed by atoms with Crippen LogP contribution in [0.4, 0.5) is 0 Å². The predicted octanol–water partition coefficient (Wildman–Crippen LogP) is 2.60. The Hall–Kier alpha value is -3.08. The molecule has 21 heavy (non-hydrogen) atoms. The molecule has 0 fully saturated rings. The summed E-state index contributed by atoms with van der Waals surface area (Å²) < 4.78 is 0. The van der Waals surface area contributed by atoms with Crippen molar-refractivity contribution in [3.05, 3.63) is 64.6 Å². The number of aromatic nitrogens is 1. The highest BCUT2D eigenvalue weighted by Gasteiger charge is 2.11. The number of pyridine rings is 1. The van der Waals surface area contributed by atoms with Crippen LogP contribution in [0.3, 0.4) is 0 Å². The monoisotopic (exact) mass is 281 g/mol. The number of phenolic OH excluding ortho intramolecular Hbond substituents is 1. The van der Waals surface area contributed by atoms with E-state index in [-0.39, 0.29) is 16.9 Å². The third kappa shape index (κ3) is 2.14. The van der Waals surface area contributed by atoms with E-state index >= 15 is 0 Å². The number of hydrogen-bond donors (Lipinski definition) is 3. The van der Waals surface area contributed by atoms with E-state index in [1.165, 1.54) is 24.4 Å². The molecule has 1 heterocycles. The van der Waals surface area contributed by atoms with E-state index in [0.717, 1.165) is 0 Å². The molecular weight excluding hydrogens is 270 g/mol. The highest BCUT2D eigenvalue weighted by atomic mass is 16.4. The molecule has 0 unspecified atom stereocenters. The van der Waals surface area contributed by atoms with Crippen molar-refractivity contribution in [2.24, 2.45) is 0 Å². The fraction of sp³-hybridized carbons (Fsp3) is 0. The van der Waals surface area contributed by atoms with Gasteiger partial charge in [0.1, 0.15) is 5.75 Å². The minimum Gasteiger partial charge on any atom is -0.507 e. The van der Waals surface area contributed by atoms with Crippen molar-refractivity contribution in [3.8, 4) is 16.9 Å². The zero-order valence-electron chi connectivity index (χ0n) is 10.8. The van der Waals surface area contributed by atoms with E-state index in [2.05, 4.69) is 4.98 Å². The number of phenols is 1. The SMILES string of the molecule is O=C(O)c1ccc(-c2c[nH]c(=O)c3cccc(O)c23)cc1. The lowest BCUT2D eigenvalue weighted by molar-refractivity contribution is 0.0697. The first kappa shape index (κ1) is 12.9. The molecule has 0 bridgehead atoms. The molecule has 3 aromatic rings. The van der Waals surface area contributed by atoms with E-state index in [1.807, 2.05) is 0 Å². The summed E-state index contributed by atoms with van der Waals surface area (Å²) in [7, 11) is 0. The third-order valence-electron chi connectivity index (χ3n) is 3.35. The van der Waals surface area contributed by atoms with E-state index in [9.17, 15) is 14.7 Å². The zero-order valence-corrected chi connectivity index (χ0v) is 10.8. The quantitative estimate of drug-likeness (QED) is 0.673. The number of carboxylic acids is 1. The van der Waals surface area contributed by atoms with Crippen LogP contribution in [0.5, 0.6) is 5.75 Å². The fourth-order valence-corrected chi connectivity index (χ4v) is 2.32. The average Bonchev–Trinajstić information content (AvgIpc) is 2.49. The normalized spacial score (nSPS) is 10.7. The first-order chi connectivity index (χ1) is 10.1. The summed E-state index contributed by atoms with van der Waals surface area (Å²) in [5.74, 6) is -0.994. The van der Waals surface area contributed by atoms with E-state index < -0.39 is 5.97 Å². The molecule has 3 rings (SSSR count). The summed E-state index contributed by atoms with van der Waals surface area (Å²) in [6.45, 7) is 0. The second-order valence-electron chi connectivity index (χ2n) is 4.61. The molecule has 5 heteroatoms. The maximum atomic E-state index is 11.8. The summed E-state index contributed by atoms with van der Waals surface area (Å²) in [4.78, 5) is 25.3. The number of aromatic hydroxyl groups is 1. The molecule has 3 N–H and O–H groups in total. The summed E-state index contributed by atoms with van der Waals surface area (Å²) in [5, 5.41) is 19.8. The molecule has 0 aliphatic carbocycles. The van der Waals surface area contributed by atoms with Crippen LogP contribution in [0.1, 0.15) is 10.4 Å². The molecule has 1 aromatic heterocycles. The van der Waals surface area contributed by atoms with Crippen LogP contribution in [0, 0.1) is 0 Å². The van der Waals surface area contributed by atoms with Gasteiger partial charge in [-0.15, -0.1) is 0 Å². The Morgan fingerprint density at radius 3 is 2.43 bits per heavy atom. The molecule has 104 valence electrons. The molecule has 0 atom stereocenters. The molecule has 2 aromatic carbocycles. The molecular formula is C16H11NO4. The van der Waals surface area contributed by atoms with Gasteiger partial charge in [0.05, 0.1) is 10.9 Å². The molecule has 5 nitrogen and oxygen atoms in total. The van der Waals surface area contributed by atoms with Gasteiger partial charge in [-0.1, -0.05) is 18.2 Å². The molecule has 0 amide bonds. The van der Waals surface area contributed by atoms with E-state index in [4.69, 9.17) is 5.11 Å². The van der Waals surface area contributed by atoms with Gasteiger partial charge in [0.2, 0.25) is 0 Å². The van der Waals surface area contributed by atoms with Crippen molar-refractivity contribution >= 4 is 16.7 Å². The van der Waals surface area contributed by atoms with E-state index in [1.54, 1.807) is 24.3 Å². The Kier molecular flexibility index (Phi) is 2.95. The largest absolute Gasteiger partial charge is 0.507 e. The Bertz CT molecular complexity index is 894. The lowest BCUT2D eigenvalue weighted by Gasteiger charge is -2.08. The lowest BCUT2D eigenvalue weighted by atomic mass is 9.99. The molecule has 0 aliphatic rings. The summed E-state index contributed by atoms with van der Waals surface area (Å²) >= 11 is 0. The maximum absolute atomic E-state index is 11.8. The minimum atomic E-state index is -1.00. The number of hydrogen-bond acceptors (Lipinski definition) is 3. The number of aromatic carboxylic acids is 1. The molecule has 0 spiro atoms. The predicted molar refractivity (Wildman–Crippen MR) is 78.6 cm³/mol. The molecule has 0 saturated heterocycles. The second kappa shape index (κ2) is 4.79. The van der Waals surface area contributed by atoms with Crippen LogP contribution in [0.25, 0.3) is 21.9 Å². The van der Waals surface area contributed by atoms with Crippen molar-refractivity contribution in [1.29, 1.82) is 0 Å². The van der Waals surface area contributed by atoms with Gasteiger partial charge in [-0.3, -0.25) is 4.79 Å². The Morgan fingerprint density at radius 2 is 1.76 bits per heavy atom. The van der Waals surface area contributed by atoms with Gasteiger partial charge < -0.3 is 15.2 Å². The summed E-state index contributed by atoms with van der Waals surface area (Å²) in [5.41, 5.74) is 1.24. The van der Waals surface area contributed by atoms with Crippen molar-refractivity contribution in [2.75, 3.05) is 0 Å². The summed E-state index contributed by atoms with van der Waals surface area (Å²) in [6.07, 6.45) is 1.51. The topological polar surface area (TPSA) is 90.4 Å². The Balaban J connectivity index is 2.28. The van der Waals surface area contributed by atoms with E-state index in [0.29, 0.717) is 21.9 Å². The van der Waals surface area contributed by atoms with Crippen LogP contribution in [-0.4, -0.2) is 21.2 Å². The van der Waals surface area contributed by atoms with Crippen molar-refractivity contribution in [1.82, 2.24) is 4.98 Å². The number of rotatable bonds is 2. The summed E-state index contributed by atoms with van der Waals surface area (Å²) in [6, 6.07) is 11.0. The number of carboxylic acid groups (broad SMARTS) is 1. The van der Waals surface area contributed by atoms with Crippen LogP contribution in [0.2, 0.25) is 0 Å². The van der Waals surface area contributed by atoms with Gasteiger partial charge in [-0.2, -0.15) is 0 Å². The molecule has 0 aliphatic heterocycles. The highest BCUT2D eigenvalue weighted by Crippen LogP contribution is 2.32. The van der Waals surface area contributed by atoms with Crippen LogP contribution in [-0.2, 0) is 0 Å². The van der Waals surface area contributed by atoms with Gasteiger partial charge in [-0.05, 0) is 29.8 Å². The smallest absolute Gasteiger partial charge is 0.335 e. The van der Waals surface area contributed by atoms with Crippen molar-refractivity contribution in [2.45, 2.75) is 0 Å². The minimum absolute atomic E-state index is 0.0101. The van der Waals surface area contributed by atoms with Gasteiger partial charge in [0.25, 0.3) is 5.56 Å². The van der Waals surface area contributed by atoms with Gasteiger partial charge >= 0.3 is 5.97 Å². The maximum Gasteiger partial charge on any atom is 0.335 e. The number of fused-ring (bicyclic) bond motifs is 1. The van der Waals surface area contributed by atoms with Crippen molar-refractivity contribution < 1.29 is 15.0 Å². The number of benzene rings is 2. The Labute approximate surface area is 119 Å². The van der Waals surface area contributed by atoms with Gasteiger partial charge in [0.15, 0.2) is 0 Å². The highest BCUT2D eigenvalue weighted by molar-refractivity contribution is 6.00. The number of nitrogens with one attached hydrogen (secondary N) is 1. The lowest BCUT2D eigenvalue weighted by Crippen LogP contribution is -2.06. The first-order valence-corrected chi connectivity index (χ1v) is 6.25. The van der Waals surface area contributed by atoms with Gasteiger partial charge in [-0.25, -0.2) is 4.79 Å². The fourth-order valence-electron chi connectivity index (χ4n) is 2.32. The number of carbonyl (C=O) groups is 1. The zero-order chi connectivity index (χ0) is 15.0. The van der Waals surface area contributed by atoms with Crippen LogP contribution >= 0.6 is 0 Å². The first-order valence-electron chi connectivity index (χ1n) is 6.25. The average molecular weight is 281 g/mol. The second-order valence-corrected chi connectivity index (χ2v) is 4.61. The standard InChI is InChI=1S/C16H11NO4/c18-13-3-1-2-11-14(13)12(8-17-15(11)19)9-4-6-10(7-5-9)16(20)21/h1-8,18H,(H,17,19)(H,20,21). The van der Waals surface area contributed by atoms with Crippen molar-refractivity contribution in [3.63, 3.8) is 0 Å². The molecule has 0 saturated carbocycles. The molecule has 0 radical (unpaired) electrons. The Morgan fingerprint density at radius 1 is 1.05 bits per heavy atom. The van der Waals surface area contributed by atoms with Crippen LogP contribution < -0.4 is 5.56 Å². The van der Waals surface area contributed by atoms with Crippen LogP contribution in [0.15, 0.2) is 53.5 Å².